The second kappa shape index (κ2) is 6.15. The molecule has 0 aromatic carbocycles. The summed E-state index contributed by atoms with van der Waals surface area (Å²) in [7, 11) is 0. The molecule has 20 heavy (non-hydrogen) atoms. The van der Waals surface area contributed by atoms with Gasteiger partial charge in [0.25, 0.3) is 0 Å². The minimum Gasteiger partial charge on any atom is -0.481 e. The molecule has 2 aliphatic rings. The van der Waals surface area contributed by atoms with Crippen molar-refractivity contribution in [3.8, 4) is 0 Å². The van der Waals surface area contributed by atoms with Crippen LogP contribution in [0.1, 0.15) is 58.8 Å². The molecule has 4 nitrogen and oxygen atoms in total. The minimum atomic E-state index is -0.721. The van der Waals surface area contributed by atoms with Gasteiger partial charge in [0, 0.05) is 24.9 Å². The van der Waals surface area contributed by atoms with Gasteiger partial charge in [-0.1, -0.05) is 26.7 Å². The number of carbonyl (C=O) groups is 2. The van der Waals surface area contributed by atoms with Gasteiger partial charge in [0.1, 0.15) is 0 Å². The summed E-state index contributed by atoms with van der Waals surface area (Å²) < 4.78 is 0. The number of nitrogens with zero attached hydrogens (tertiary/aromatic N) is 1. The Labute approximate surface area is 121 Å². The largest absolute Gasteiger partial charge is 0.481 e. The fourth-order valence-electron chi connectivity index (χ4n) is 3.82. The highest BCUT2D eigenvalue weighted by atomic mass is 16.4. The van der Waals surface area contributed by atoms with E-state index in [9.17, 15) is 9.59 Å². The lowest BCUT2D eigenvalue weighted by Crippen LogP contribution is -2.47. The standard InChI is InChI=1S/C16H27NO3/c1-16(2,13-5-3-4-6-13)15(20)17-9-7-12(8-10-17)11-14(18)19/h12-13H,3-11H2,1-2H3,(H,18,19). The average Bonchev–Trinajstić information content (AvgIpc) is 2.92. The Balaban J connectivity index is 1.89. The lowest BCUT2D eigenvalue weighted by molar-refractivity contribution is -0.145. The van der Waals surface area contributed by atoms with E-state index >= 15 is 0 Å². The van der Waals surface area contributed by atoms with E-state index < -0.39 is 5.97 Å². The fraction of sp³-hybridized carbons (Fsp3) is 0.875. The summed E-state index contributed by atoms with van der Waals surface area (Å²) in [5.41, 5.74) is -0.254. The number of carboxylic acid groups (broad SMARTS) is 1. The molecule has 2 fully saturated rings. The molecule has 0 aromatic heterocycles. The number of piperidine rings is 1. The van der Waals surface area contributed by atoms with Gasteiger partial charge in [0.05, 0.1) is 0 Å². The molecule has 0 aromatic rings. The fourth-order valence-corrected chi connectivity index (χ4v) is 3.82. The lowest BCUT2D eigenvalue weighted by Gasteiger charge is -2.39. The van der Waals surface area contributed by atoms with Gasteiger partial charge in [-0.25, -0.2) is 0 Å². The number of aliphatic carboxylic acids is 1. The van der Waals surface area contributed by atoms with Crippen molar-refractivity contribution in [1.29, 1.82) is 0 Å². The number of rotatable bonds is 4. The van der Waals surface area contributed by atoms with Crippen LogP contribution in [0.2, 0.25) is 0 Å². The van der Waals surface area contributed by atoms with Crippen molar-refractivity contribution in [2.75, 3.05) is 13.1 Å². The van der Waals surface area contributed by atoms with Gasteiger partial charge in [-0.05, 0) is 37.5 Å². The van der Waals surface area contributed by atoms with Crippen molar-refractivity contribution in [1.82, 2.24) is 4.90 Å². The highest BCUT2D eigenvalue weighted by molar-refractivity contribution is 5.82. The number of likely N-dealkylation sites (tertiary alicyclic amines) is 1. The smallest absolute Gasteiger partial charge is 0.303 e. The van der Waals surface area contributed by atoms with Crippen LogP contribution in [0.4, 0.5) is 0 Å². The van der Waals surface area contributed by atoms with Gasteiger partial charge in [-0.15, -0.1) is 0 Å². The van der Waals surface area contributed by atoms with E-state index in [0.29, 0.717) is 5.92 Å². The monoisotopic (exact) mass is 281 g/mol. The molecule has 1 saturated carbocycles. The van der Waals surface area contributed by atoms with E-state index in [1.807, 2.05) is 4.90 Å². The summed E-state index contributed by atoms with van der Waals surface area (Å²) in [6, 6.07) is 0. The van der Waals surface area contributed by atoms with Crippen LogP contribution in [-0.4, -0.2) is 35.0 Å². The molecule has 0 unspecified atom stereocenters. The second-order valence-corrected chi connectivity index (χ2v) is 7.04. The van der Waals surface area contributed by atoms with Gasteiger partial charge in [0.2, 0.25) is 5.91 Å². The minimum absolute atomic E-state index is 0.242. The van der Waals surface area contributed by atoms with E-state index in [2.05, 4.69) is 13.8 Å². The normalized spacial score (nSPS) is 22.2. The third-order valence-corrected chi connectivity index (χ3v) is 5.29. The molecule has 1 aliphatic carbocycles. The van der Waals surface area contributed by atoms with Crippen LogP contribution in [0.3, 0.4) is 0 Å². The van der Waals surface area contributed by atoms with Crippen LogP contribution in [-0.2, 0) is 9.59 Å². The molecule has 0 atom stereocenters. The molecule has 1 amide bonds. The Bertz CT molecular complexity index is 364. The van der Waals surface area contributed by atoms with Crippen LogP contribution in [0.15, 0.2) is 0 Å². The number of hydrogen-bond donors (Lipinski definition) is 1. The Morgan fingerprint density at radius 3 is 2.15 bits per heavy atom. The molecule has 0 bridgehead atoms. The highest BCUT2D eigenvalue weighted by Crippen LogP contribution is 2.41. The maximum absolute atomic E-state index is 12.7. The predicted octanol–water partition coefficient (Wildman–Crippen LogP) is 2.92. The van der Waals surface area contributed by atoms with Crippen molar-refractivity contribution in [2.24, 2.45) is 17.3 Å². The van der Waals surface area contributed by atoms with Crippen LogP contribution in [0.5, 0.6) is 0 Å². The first kappa shape index (κ1) is 15.3. The van der Waals surface area contributed by atoms with Gasteiger partial charge < -0.3 is 10.0 Å². The van der Waals surface area contributed by atoms with Crippen molar-refractivity contribution >= 4 is 11.9 Å². The SMILES string of the molecule is CC(C)(C(=O)N1CCC(CC(=O)O)CC1)C1CCCC1. The molecule has 4 heteroatoms. The number of carboxylic acids is 1. The molecule has 1 heterocycles. The topological polar surface area (TPSA) is 57.6 Å². The Morgan fingerprint density at radius 1 is 1.10 bits per heavy atom. The van der Waals surface area contributed by atoms with E-state index in [0.717, 1.165) is 25.9 Å². The summed E-state index contributed by atoms with van der Waals surface area (Å²) in [6.07, 6.45) is 6.76. The second-order valence-electron chi connectivity index (χ2n) is 7.04. The summed E-state index contributed by atoms with van der Waals surface area (Å²) in [4.78, 5) is 25.4. The molecule has 1 aliphatic heterocycles. The van der Waals surface area contributed by atoms with Crippen LogP contribution in [0.25, 0.3) is 0 Å². The van der Waals surface area contributed by atoms with E-state index in [1.54, 1.807) is 0 Å². The quantitative estimate of drug-likeness (QED) is 0.862. The van der Waals surface area contributed by atoms with Gasteiger partial charge in [0.15, 0.2) is 0 Å². The average molecular weight is 281 g/mol. The third kappa shape index (κ3) is 3.33. The summed E-state index contributed by atoms with van der Waals surface area (Å²) in [6.45, 7) is 5.64. The number of carbonyl (C=O) groups excluding carboxylic acids is 1. The molecule has 1 N–H and O–H groups in total. The van der Waals surface area contributed by atoms with E-state index in [4.69, 9.17) is 5.11 Å². The number of amides is 1. The van der Waals surface area contributed by atoms with Crippen LogP contribution < -0.4 is 0 Å². The van der Waals surface area contributed by atoms with Gasteiger partial charge >= 0.3 is 5.97 Å². The zero-order chi connectivity index (χ0) is 14.8. The van der Waals surface area contributed by atoms with Crippen LogP contribution >= 0.6 is 0 Å². The maximum Gasteiger partial charge on any atom is 0.303 e. The molecule has 1 saturated heterocycles. The van der Waals surface area contributed by atoms with Crippen molar-refractivity contribution in [3.63, 3.8) is 0 Å². The lowest BCUT2D eigenvalue weighted by atomic mass is 9.76. The first-order valence-electron chi connectivity index (χ1n) is 7.92. The number of hydrogen-bond acceptors (Lipinski definition) is 2. The maximum atomic E-state index is 12.7. The van der Waals surface area contributed by atoms with Crippen LogP contribution in [0, 0.1) is 17.3 Å². The summed E-state index contributed by atoms with van der Waals surface area (Å²) in [5, 5.41) is 8.83. The molecular weight excluding hydrogens is 254 g/mol. The zero-order valence-corrected chi connectivity index (χ0v) is 12.7. The third-order valence-electron chi connectivity index (χ3n) is 5.29. The first-order valence-corrected chi connectivity index (χ1v) is 7.92. The van der Waals surface area contributed by atoms with Gasteiger partial charge in [-0.3, -0.25) is 9.59 Å². The van der Waals surface area contributed by atoms with Crippen molar-refractivity contribution in [3.05, 3.63) is 0 Å². The summed E-state index contributed by atoms with van der Waals surface area (Å²) in [5.74, 6) is 0.317. The molecule has 0 spiro atoms. The highest BCUT2D eigenvalue weighted by Gasteiger charge is 2.41. The van der Waals surface area contributed by atoms with Gasteiger partial charge in [-0.2, -0.15) is 0 Å². The van der Waals surface area contributed by atoms with E-state index in [1.165, 1.54) is 25.7 Å². The zero-order valence-electron chi connectivity index (χ0n) is 12.7. The van der Waals surface area contributed by atoms with Crippen molar-refractivity contribution < 1.29 is 14.7 Å². The molecule has 114 valence electrons. The Kier molecular flexibility index (Phi) is 4.71. The summed E-state index contributed by atoms with van der Waals surface area (Å²) >= 11 is 0. The first-order chi connectivity index (χ1) is 9.41. The molecule has 2 rings (SSSR count). The van der Waals surface area contributed by atoms with Crippen molar-refractivity contribution in [2.45, 2.75) is 58.8 Å². The molecule has 0 radical (unpaired) electrons. The molecular formula is C16H27NO3. The Hall–Kier alpha value is -1.06. The van der Waals surface area contributed by atoms with E-state index in [-0.39, 0.29) is 23.7 Å². The Morgan fingerprint density at radius 2 is 1.65 bits per heavy atom. The predicted molar refractivity (Wildman–Crippen MR) is 77.3 cm³/mol.